The van der Waals surface area contributed by atoms with E-state index in [0.29, 0.717) is 34.7 Å². The van der Waals surface area contributed by atoms with Crippen molar-refractivity contribution in [3.8, 4) is 23.3 Å². The standard InChI is InChI=1S/C22H21Cl2N3O2S/c1-30-26-12-15(13-26)14-29-19-2-3-21-16(9-19)4-6-27(21)18-8-17(11-25)22(20(24)10-18)28-7-5-23/h2-4,6,8-10,15H,5,7,12-14H2,1H3. The zero-order valence-electron chi connectivity index (χ0n) is 16.5. The predicted molar refractivity (Wildman–Crippen MR) is 123 cm³/mol. The summed E-state index contributed by atoms with van der Waals surface area (Å²) < 4.78 is 15.9. The second-order valence-corrected chi connectivity index (χ2v) is 8.73. The third-order valence-corrected chi connectivity index (χ3v) is 6.33. The number of nitriles is 1. The Hall–Kier alpha value is -2.04. The first-order chi connectivity index (χ1) is 14.6. The van der Waals surface area contributed by atoms with E-state index in [-0.39, 0.29) is 0 Å². The maximum atomic E-state index is 9.52. The molecule has 2 heterocycles. The topological polar surface area (TPSA) is 50.4 Å². The molecule has 0 amide bonds. The highest BCUT2D eigenvalue weighted by molar-refractivity contribution is 7.96. The molecular weight excluding hydrogens is 441 g/mol. The fourth-order valence-corrected chi connectivity index (χ4v) is 4.58. The van der Waals surface area contributed by atoms with Crippen LogP contribution in [0.25, 0.3) is 16.6 Å². The van der Waals surface area contributed by atoms with Crippen molar-refractivity contribution in [2.45, 2.75) is 0 Å². The van der Waals surface area contributed by atoms with Crippen LogP contribution in [0.4, 0.5) is 0 Å². The molecule has 0 atom stereocenters. The third-order valence-electron chi connectivity index (χ3n) is 5.08. The first-order valence-corrected chi connectivity index (χ1v) is 11.7. The van der Waals surface area contributed by atoms with Crippen molar-refractivity contribution in [2.75, 3.05) is 38.4 Å². The molecule has 30 heavy (non-hydrogen) atoms. The Balaban J connectivity index is 1.55. The molecular formula is C22H21Cl2N3O2S. The summed E-state index contributed by atoms with van der Waals surface area (Å²) >= 11 is 13.9. The number of hydrogen-bond donors (Lipinski definition) is 0. The van der Waals surface area contributed by atoms with Gasteiger partial charge >= 0.3 is 0 Å². The third kappa shape index (κ3) is 4.35. The lowest BCUT2D eigenvalue weighted by Crippen LogP contribution is -2.44. The average molecular weight is 462 g/mol. The van der Waals surface area contributed by atoms with Crippen LogP contribution in [0.15, 0.2) is 42.6 Å². The van der Waals surface area contributed by atoms with Crippen molar-refractivity contribution in [2.24, 2.45) is 5.92 Å². The summed E-state index contributed by atoms with van der Waals surface area (Å²) in [6.07, 6.45) is 4.06. The molecule has 0 N–H and O–H groups in total. The Kier molecular flexibility index (Phi) is 6.64. The van der Waals surface area contributed by atoms with E-state index in [1.807, 2.05) is 35.0 Å². The van der Waals surface area contributed by atoms with E-state index in [4.69, 9.17) is 32.7 Å². The Morgan fingerprint density at radius 1 is 1.20 bits per heavy atom. The lowest BCUT2D eigenvalue weighted by Gasteiger charge is -2.36. The van der Waals surface area contributed by atoms with E-state index in [9.17, 15) is 5.26 Å². The summed E-state index contributed by atoms with van der Waals surface area (Å²) in [4.78, 5) is 0. The largest absolute Gasteiger partial charge is 0.493 e. The number of nitrogens with zero attached hydrogens (tertiary/aromatic N) is 3. The Morgan fingerprint density at radius 2 is 2.03 bits per heavy atom. The van der Waals surface area contributed by atoms with Gasteiger partial charge in [-0.15, -0.1) is 11.6 Å². The van der Waals surface area contributed by atoms with Crippen LogP contribution in [0.2, 0.25) is 5.02 Å². The molecule has 0 saturated carbocycles. The molecule has 1 saturated heterocycles. The molecule has 3 aromatic rings. The maximum Gasteiger partial charge on any atom is 0.155 e. The quantitative estimate of drug-likeness (QED) is 0.333. The second-order valence-electron chi connectivity index (χ2n) is 7.07. The van der Waals surface area contributed by atoms with E-state index in [1.165, 1.54) is 0 Å². The summed E-state index contributed by atoms with van der Waals surface area (Å²) in [5, 5.41) is 11.0. The van der Waals surface area contributed by atoms with Gasteiger partial charge in [-0.2, -0.15) is 5.26 Å². The van der Waals surface area contributed by atoms with Gasteiger partial charge in [0.15, 0.2) is 5.75 Å². The summed E-state index contributed by atoms with van der Waals surface area (Å²) in [5.41, 5.74) is 2.18. The predicted octanol–water partition coefficient (Wildman–Crippen LogP) is 5.36. The molecule has 4 rings (SSSR count). The molecule has 0 spiro atoms. The summed E-state index contributed by atoms with van der Waals surface area (Å²) in [6.45, 7) is 3.17. The van der Waals surface area contributed by atoms with Gasteiger partial charge in [0.1, 0.15) is 18.4 Å². The SMILES string of the molecule is CSN1CC(COc2ccc3c(ccn3-c3cc(Cl)c(OCCCl)c(C#N)c3)c2)C1. The van der Waals surface area contributed by atoms with E-state index >= 15 is 0 Å². The fraction of sp³-hybridized carbons (Fsp3) is 0.318. The van der Waals surface area contributed by atoms with Crippen molar-refractivity contribution in [3.63, 3.8) is 0 Å². The van der Waals surface area contributed by atoms with Gasteiger partial charge in [0.2, 0.25) is 0 Å². The molecule has 1 aromatic heterocycles. The van der Waals surface area contributed by atoms with Crippen molar-refractivity contribution in [1.82, 2.24) is 8.87 Å². The van der Waals surface area contributed by atoms with Gasteiger partial charge in [-0.1, -0.05) is 23.5 Å². The molecule has 1 fully saturated rings. The smallest absolute Gasteiger partial charge is 0.155 e. The van der Waals surface area contributed by atoms with Gasteiger partial charge in [-0.05, 0) is 42.7 Å². The number of fused-ring (bicyclic) bond motifs is 1. The summed E-state index contributed by atoms with van der Waals surface area (Å²) in [7, 11) is 0. The lowest BCUT2D eigenvalue weighted by molar-refractivity contribution is 0.139. The highest BCUT2D eigenvalue weighted by Gasteiger charge is 2.26. The number of aromatic nitrogens is 1. The van der Waals surface area contributed by atoms with E-state index in [1.54, 1.807) is 24.1 Å². The van der Waals surface area contributed by atoms with Gasteiger partial charge in [0.05, 0.1) is 28.6 Å². The molecule has 0 aliphatic carbocycles. The van der Waals surface area contributed by atoms with Crippen molar-refractivity contribution < 1.29 is 9.47 Å². The van der Waals surface area contributed by atoms with Crippen LogP contribution in [-0.4, -0.2) is 47.3 Å². The molecule has 2 aromatic carbocycles. The minimum absolute atomic E-state index is 0.292. The van der Waals surface area contributed by atoms with Crippen LogP contribution < -0.4 is 9.47 Å². The van der Waals surface area contributed by atoms with Crippen molar-refractivity contribution in [3.05, 3.63) is 53.2 Å². The summed E-state index contributed by atoms with van der Waals surface area (Å²) in [6, 6.07) is 13.8. The Labute approximate surface area is 190 Å². The van der Waals surface area contributed by atoms with Crippen LogP contribution >= 0.6 is 35.1 Å². The molecule has 8 heteroatoms. The normalized spacial score (nSPS) is 14.5. The van der Waals surface area contributed by atoms with Crippen molar-refractivity contribution >= 4 is 46.1 Å². The number of rotatable bonds is 8. The van der Waals surface area contributed by atoms with Gasteiger partial charge in [0, 0.05) is 36.3 Å². The number of halogens is 2. The van der Waals surface area contributed by atoms with Crippen molar-refractivity contribution in [1.29, 1.82) is 5.26 Å². The molecule has 0 radical (unpaired) electrons. The second kappa shape index (κ2) is 9.40. The Morgan fingerprint density at radius 3 is 2.77 bits per heavy atom. The van der Waals surface area contributed by atoms with Crippen LogP contribution in [0.3, 0.4) is 0 Å². The monoisotopic (exact) mass is 461 g/mol. The zero-order chi connectivity index (χ0) is 21.1. The molecule has 1 aliphatic heterocycles. The minimum atomic E-state index is 0.292. The number of ether oxygens (including phenoxy) is 2. The first kappa shape index (κ1) is 21.2. The highest BCUT2D eigenvalue weighted by atomic mass is 35.5. The van der Waals surface area contributed by atoms with E-state index < -0.39 is 0 Å². The van der Waals surface area contributed by atoms with Gasteiger partial charge in [-0.25, -0.2) is 4.31 Å². The molecule has 0 unspecified atom stereocenters. The molecule has 1 aliphatic rings. The summed E-state index contributed by atoms with van der Waals surface area (Å²) in [5.74, 6) is 2.14. The lowest BCUT2D eigenvalue weighted by atomic mass is 10.1. The van der Waals surface area contributed by atoms with Crippen LogP contribution in [0.1, 0.15) is 5.56 Å². The molecule has 156 valence electrons. The van der Waals surface area contributed by atoms with Gasteiger partial charge in [0.25, 0.3) is 0 Å². The Bertz CT molecular complexity index is 1090. The highest BCUT2D eigenvalue weighted by Crippen LogP contribution is 2.33. The van der Waals surface area contributed by atoms with E-state index in [0.717, 1.165) is 42.0 Å². The number of hydrogen-bond acceptors (Lipinski definition) is 5. The van der Waals surface area contributed by atoms with E-state index in [2.05, 4.69) is 16.6 Å². The average Bonchev–Trinajstić information content (AvgIpc) is 3.14. The molecule has 0 bridgehead atoms. The van der Waals surface area contributed by atoms with Crippen LogP contribution in [-0.2, 0) is 0 Å². The minimum Gasteiger partial charge on any atom is -0.493 e. The first-order valence-electron chi connectivity index (χ1n) is 9.58. The maximum absolute atomic E-state index is 9.52. The number of alkyl halides is 1. The fourth-order valence-electron chi connectivity index (χ4n) is 3.52. The zero-order valence-corrected chi connectivity index (χ0v) is 18.8. The molecule has 5 nitrogen and oxygen atoms in total. The number of benzene rings is 2. The van der Waals surface area contributed by atoms with Crippen LogP contribution in [0, 0.1) is 17.2 Å². The van der Waals surface area contributed by atoms with Crippen LogP contribution in [0.5, 0.6) is 11.5 Å². The van der Waals surface area contributed by atoms with Gasteiger partial charge < -0.3 is 14.0 Å². The van der Waals surface area contributed by atoms with Gasteiger partial charge in [-0.3, -0.25) is 0 Å².